The first-order valence-corrected chi connectivity index (χ1v) is 7.24. The Balaban J connectivity index is 2.05. The summed E-state index contributed by atoms with van der Waals surface area (Å²) in [4.78, 5) is 25.5. The minimum absolute atomic E-state index is 0.253. The molecule has 1 aromatic rings. The van der Waals surface area contributed by atoms with Gasteiger partial charge in [0.1, 0.15) is 6.04 Å². The van der Waals surface area contributed by atoms with Gasteiger partial charge in [0.25, 0.3) is 0 Å². The number of carboxylic acids is 1. The van der Waals surface area contributed by atoms with Gasteiger partial charge in [-0.15, -0.1) is 11.3 Å². The van der Waals surface area contributed by atoms with Crippen LogP contribution in [0.3, 0.4) is 0 Å². The van der Waals surface area contributed by atoms with E-state index in [-0.39, 0.29) is 5.91 Å². The molecule has 0 unspecified atom stereocenters. The first kappa shape index (κ1) is 14.1. The third-order valence-electron chi connectivity index (χ3n) is 3.06. The van der Waals surface area contributed by atoms with E-state index in [1.807, 2.05) is 6.07 Å². The first-order chi connectivity index (χ1) is 9.08. The predicted molar refractivity (Wildman–Crippen MR) is 75.4 cm³/mol. The molecule has 6 heteroatoms. The maximum absolute atomic E-state index is 12.0. The SMILES string of the molecule is O=C(O)[C@@H]1CCCCN1C(=O)C=Cc1ccc(Cl)s1. The second kappa shape index (κ2) is 6.21. The second-order valence-electron chi connectivity index (χ2n) is 4.36. The van der Waals surface area contributed by atoms with E-state index in [1.165, 1.54) is 22.3 Å². The third-order valence-corrected chi connectivity index (χ3v) is 4.25. The number of thiophene rings is 1. The molecule has 0 radical (unpaired) electrons. The largest absolute Gasteiger partial charge is 0.480 e. The van der Waals surface area contributed by atoms with Crippen molar-refractivity contribution < 1.29 is 14.7 Å². The molecule has 0 spiro atoms. The number of carboxylic acid groups (broad SMARTS) is 1. The van der Waals surface area contributed by atoms with Gasteiger partial charge in [0.05, 0.1) is 4.34 Å². The number of carbonyl (C=O) groups is 2. The number of nitrogens with zero attached hydrogens (tertiary/aromatic N) is 1. The van der Waals surface area contributed by atoms with Crippen molar-refractivity contribution in [2.24, 2.45) is 0 Å². The topological polar surface area (TPSA) is 57.6 Å². The molecule has 1 atom stereocenters. The lowest BCUT2D eigenvalue weighted by Gasteiger charge is -2.32. The van der Waals surface area contributed by atoms with Crippen LogP contribution in [0.1, 0.15) is 24.1 Å². The van der Waals surface area contributed by atoms with E-state index in [9.17, 15) is 9.59 Å². The van der Waals surface area contributed by atoms with E-state index in [0.29, 0.717) is 17.3 Å². The summed E-state index contributed by atoms with van der Waals surface area (Å²) in [7, 11) is 0. The zero-order chi connectivity index (χ0) is 13.8. The fraction of sp³-hybridized carbons (Fsp3) is 0.385. The number of rotatable bonds is 3. The molecule has 1 aromatic heterocycles. The van der Waals surface area contributed by atoms with Crippen LogP contribution >= 0.6 is 22.9 Å². The van der Waals surface area contributed by atoms with Gasteiger partial charge in [-0.25, -0.2) is 4.79 Å². The molecule has 2 rings (SSSR count). The van der Waals surface area contributed by atoms with Crippen molar-refractivity contribution >= 4 is 40.9 Å². The zero-order valence-electron chi connectivity index (χ0n) is 10.2. The number of aliphatic carboxylic acids is 1. The minimum Gasteiger partial charge on any atom is -0.480 e. The molecule has 2 heterocycles. The predicted octanol–water partition coefficient (Wildman–Crippen LogP) is 2.88. The number of hydrogen-bond donors (Lipinski definition) is 1. The highest BCUT2D eigenvalue weighted by Gasteiger charge is 2.30. The Kier molecular flexibility index (Phi) is 4.61. The van der Waals surface area contributed by atoms with Gasteiger partial charge in [-0.2, -0.15) is 0 Å². The molecule has 4 nitrogen and oxygen atoms in total. The van der Waals surface area contributed by atoms with E-state index >= 15 is 0 Å². The Morgan fingerprint density at radius 2 is 2.21 bits per heavy atom. The van der Waals surface area contributed by atoms with Gasteiger partial charge in [0.2, 0.25) is 5.91 Å². The van der Waals surface area contributed by atoms with Crippen molar-refractivity contribution in [1.82, 2.24) is 4.90 Å². The quantitative estimate of drug-likeness (QED) is 0.873. The molecule has 0 bridgehead atoms. The molecule has 1 aliphatic rings. The molecule has 102 valence electrons. The van der Waals surface area contributed by atoms with Crippen molar-refractivity contribution in [3.05, 3.63) is 27.4 Å². The summed E-state index contributed by atoms with van der Waals surface area (Å²) < 4.78 is 0.661. The summed E-state index contributed by atoms with van der Waals surface area (Å²) in [5, 5.41) is 9.11. The highest BCUT2D eigenvalue weighted by atomic mass is 35.5. The van der Waals surface area contributed by atoms with Crippen LogP contribution in [0.2, 0.25) is 4.34 Å². The van der Waals surface area contributed by atoms with Gasteiger partial charge in [-0.1, -0.05) is 11.6 Å². The zero-order valence-corrected chi connectivity index (χ0v) is 11.8. The molecule has 19 heavy (non-hydrogen) atoms. The van der Waals surface area contributed by atoms with Gasteiger partial charge in [-0.3, -0.25) is 4.79 Å². The monoisotopic (exact) mass is 299 g/mol. The lowest BCUT2D eigenvalue weighted by Crippen LogP contribution is -2.47. The van der Waals surface area contributed by atoms with Crippen LogP contribution < -0.4 is 0 Å². The molecular weight excluding hydrogens is 286 g/mol. The lowest BCUT2D eigenvalue weighted by molar-refractivity contribution is -0.150. The van der Waals surface area contributed by atoms with Crippen LogP contribution in [-0.2, 0) is 9.59 Å². The van der Waals surface area contributed by atoms with Crippen molar-refractivity contribution in [2.45, 2.75) is 25.3 Å². The smallest absolute Gasteiger partial charge is 0.326 e. The number of hydrogen-bond acceptors (Lipinski definition) is 3. The Morgan fingerprint density at radius 1 is 1.42 bits per heavy atom. The highest BCUT2D eigenvalue weighted by molar-refractivity contribution is 7.17. The van der Waals surface area contributed by atoms with E-state index in [2.05, 4.69) is 0 Å². The molecule has 1 fully saturated rings. The van der Waals surface area contributed by atoms with E-state index in [0.717, 1.165) is 17.7 Å². The average molecular weight is 300 g/mol. The van der Waals surface area contributed by atoms with E-state index in [1.54, 1.807) is 12.1 Å². The Labute approximate surface area is 120 Å². The first-order valence-electron chi connectivity index (χ1n) is 6.05. The fourth-order valence-electron chi connectivity index (χ4n) is 2.12. The summed E-state index contributed by atoms with van der Waals surface area (Å²) in [6.45, 7) is 0.505. The van der Waals surface area contributed by atoms with Crippen LogP contribution in [0, 0.1) is 0 Å². The van der Waals surface area contributed by atoms with Crippen molar-refractivity contribution in [1.29, 1.82) is 0 Å². The Bertz CT molecular complexity index is 512. The summed E-state index contributed by atoms with van der Waals surface area (Å²) in [5.41, 5.74) is 0. The second-order valence-corrected chi connectivity index (χ2v) is 6.10. The van der Waals surface area contributed by atoms with Gasteiger partial charge in [0, 0.05) is 17.5 Å². The van der Waals surface area contributed by atoms with Crippen LogP contribution in [0.25, 0.3) is 6.08 Å². The molecule has 1 N–H and O–H groups in total. The summed E-state index contributed by atoms with van der Waals surface area (Å²) in [6.07, 6.45) is 5.33. The van der Waals surface area contributed by atoms with Crippen LogP contribution in [0.5, 0.6) is 0 Å². The minimum atomic E-state index is -0.930. The Hall–Kier alpha value is -1.33. The Morgan fingerprint density at radius 3 is 2.84 bits per heavy atom. The maximum Gasteiger partial charge on any atom is 0.326 e. The molecule has 1 amide bonds. The number of halogens is 1. The standard InChI is InChI=1S/C13H14ClNO3S/c14-11-6-4-9(19-11)5-7-12(16)15-8-2-1-3-10(15)13(17)18/h4-7,10H,1-3,8H2,(H,17,18)/t10-/m0/s1. The number of piperidine rings is 1. The fourth-order valence-corrected chi connectivity index (χ4v) is 3.08. The van der Waals surface area contributed by atoms with Crippen LogP contribution in [0.4, 0.5) is 0 Å². The number of likely N-dealkylation sites (tertiary alicyclic amines) is 1. The summed E-state index contributed by atoms with van der Waals surface area (Å²) in [5.74, 6) is -1.18. The van der Waals surface area contributed by atoms with Gasteiger partial charge < -0.3 is 10.0 Å². The lowest BCUT2D eigenvalue weighted by atomic mass is 10.0. The van der Waals surface area contributed by atoms with Crippen molar-refractivity contribution in [2.75, 3.05) is 6.54 Å². The summed E-state index contributed by atoms with van der Waals surface area (Å²) in [6, 6.07) is 2.89. The van der Waals surface area contributed by atoms with Crippen LogP contribution in [0.15, 0.2) is 18.2 Å². The van der Waals surface area contributed by atoms with E-state index in [4.69, 9.17) is 16.7 Å². The molecular formula is C13H14ClNO3S. The van der Waals surface area contributed by atoms with Gasteiger partial charge >= 0.3 is 5.97 Å². The molecule has 0 aliphatic carbocycles. The van der Waals surface area contributed by atoms with Crippen molar-refractivity contribution in [3.63, 3.8) is 0 Å². The number of carbonyl (C=O) groups excluding carboxylic acids is 1. The number of amides is 1. The normalized spacial score (nSPS) is 19.8. The molecule has 0 saturated carbocycles. The summed E-state index contributed by atoms with van der Waals surface area (Å²) >= 11 is 7.18. The maximum atomic E-state index is 12.0. The van der Waals surface area contributed by atoms with Crippen LogP contribution in [-0.4, -0.2) is 34.5 Å². The third kappa shape index (κ3) is 3.58. The van der Waals surface area contributed by atoms with E-state index < -0.39 is 12.0 Å². The highest BCUT2D eigenvalue weighted by Crippen LogP contribution is 2.23. The molecule has 0 aromatic carbocycles. The molecule has 1 aliphatic heterocycles. The average Bonchev–Trinajstić information content (AvgIpc) is 2.81. The van der Waals surface area contributed by atoms with Crippen molar-refractivity contribution in [3.8, 4) is 0 Å². The molecule has 1 saturated heterocycles. The van der Waals surface area contributed by atoms with Gasteiger partial charge in [-0.05, 0) is 37.5 Å². The van der Waals surface area contributed by atoms with Gasteiger partial charge in [0.15, 0.2) is 0 Å².